The first-order chi connectivity index (χ1) is 14.6. The predicted molar refractivity (Wildman–Crippen MR) is 104 cm³/mol. The van der Waals surface area contributed by atoms with Gasteiger partial charge in [-0.2, -0.15) is 13.2 Å². The zero-order chi connectivity index (χ0) is 24.1. The Morgan fingerprint density at radius 3 is 2.44 bits per heavy atom. The van der Waals surface area contributed by atoms with Gasteiger partial charge in [0.1, 0.15) is 11.2 Å². The summed E-state index contributed by atoms with van der Waals surface area (Å²) in [7, 11) is -2.84. The van der Waals surface area contributed by atoms with Crippen LogP contribution in [0.4, 0.5) is 27.6 Å². The number of nitrogens with two attached hydrogens (primary N) is 1. The van der Waals surface area contributed by atoms with Gasteiger partial charge in [0.05, 0.1) is 11.3 Å². The van der Waals surface area contributed by atoms with Gasteiger partial charge in [-0.25, -0.2) is 26.5 Å². The first-order valence-corrected chi connectivity index (χ1v) is 10.4. The van der Waals surface area contributed by atoms with Crippen LogP contribution in [0.5, 0.6) is 0 Å². The molecule has 1 aromatic heterocycles. The maximum Gasteiger partial charge on any atom is 0.417 e. The molecular formula is C18H16F5N5O3S. The summed E-state index contributed by atoms with van der Waals surface area (Å²) in [6.45, 7) is 1.23. The third-order valence-corrected chi connectivity index (χ3v) is 6.70. The van der Waals surface area contributed by atoms with E-state index in [-0.39, 0.29) is 5.69 Å². The molecule has 0 unspecified atom stereocenters. The Balaban J connectivity index is 1.96. The fourth-order valence-electron chi connectivity index (χ4n) is 3.03. The molecule has 2 heterocycles. The standard InChI is InChI=1S/C18H16F5N5O3S/c1-17(8-32(30,31)28(2)16(24)27-17)11-5-10(6-12(19)14(11)20)26-15(29)13-4-3-9(7-25-13)18(21,22)23/h3-7H,8H2,1-2H3,(H2,24,27)(H,26,29)/t17-/m0/s1. The second-order valence-corrected chi connectivity index (χ2v) is 9.17. The van der Waals surface area contributed by atoms with Crippen LogP contribution in [0.1, 0.15) is 28.5 Å². The molecule has 0 aliphatic carbocycles. The number of halogens is 5. The summed E-state index contributed by atoms with van der Waals surface area (Å²) in [6.07, 6.45) is -4.20. The Hall–Kier alpha value is -3.29. The normalized spacial score (nSPS) is 20.6. The van der Waals surface area contributed by atoms with Crippen molar-refractivity contribution < 1.29 is 35.2 Å². The number of nitrogens with zero attached hydrogens (tertiary/aromatic N) is 3. The van der Waals surface area contributed by atoms with Gasteiger partial charge in [-0.15, -0.1) is 0 Å². The maximum absolute atomic E-state index is 14.6. The molecule has 2 aromatic rings. The molecule has 0 saturated heterocycles. The number of carbonyl (C=O) groups excluding carboxylic acids is 1. The molecule has 0 spiro atoms. The number of anilines is 1. The lowest BCUT2D eigenvalue weighted by atomic mass is 9.93. The van der Waals surface area contributed by atoms with Crippen molar-refractivity contribution in [2.45, 2.75) is 18.6 Å². The van der Waals surface area contributed by atoms with Crippen LogP contribution in [-0.2, 0) is 21.7 Å². The van der Waals surface area contributed by atoms with Crippen LogP contribution < -0.4 is 11.1 Å². The zero-order valence-electron chi connectivity index (χ0n) is 16.5. The molecule has 1 aliphatic rings. The van der Waals surface area contributed by atoms with Gasteiger partial charge in [0, 0.05) is 30.6 Å². The van der Waals surface area contributed by atoms with Crippen LogP contribution in [0.15, 0.2) is 35.5 Å². The first kappa shape index (κ1) is 23.4. The second kappa shape index (κ2) is 7.69. The lowest BCUT2D eigenvalue weighted by Crippen LogP contribution is -2.50. The molecular weight excluding hydrogens is 461 g/mol. The minimum absolute atomic E-state index is 0.295. The molecule has 1 atom stereocenters. The fraction of sp³-hybridized carbons (Fsp3) is 0.278. The average molecular weight is 477 g/mol. The molecule has 8 nitrogen and oxygen atoms in total. The Labute approximate surface area is 179 Å². The highest BCUT2D eigenvalue weighted by molar-refractivity contribution is 7.89. The van der Waals surface area contributed by atoms with E-state index in [1.165, 1.54) is 6.92 Å². The number of nitrogens with one attached hydrogen (secondary N) is 1. The number of amides is 1. The summed E-state index contributed by atoms with van der Waals surface area (Å²) in [5.74, 6) is -4.98. The van der Waals surface area contributed by atoms with Crippen molar-refractivity contribution >= 4 is 27.6 Å². The Bertz CT molecular complexity index is 1210. The highest BCUT2D eigenvalue weighted by atomic mass is 32.2. The van der Waals surface area contributed by atoms with E-state index in [0.29, 0.717) is 22.6 Å². The number of guanidine groups is 1. The number of alkyl halides is 3. The van der Waals surface area contributed by atoms with E-state index in [1.54, 1.807) is 0 Å². The van der Waals surface area contributed by atoms with E-state index in [4.69, 9.17) is 5.73 Å². The van der Waals surface area contributed by atoms with Crippen LogP contribution in [0.2, 0.25) is 0 Å². The third-order valence-electron chi connectivity index (χ3n) is 4.75. The Morgan fingerprint density at radius 2 is 1.91 bits per heavy atom. The van der Waals surface area contributed by atoms with Crippen molar-refractivity contribution in [1.29, 1.82) is 0 Å². The molecule has 0 fully saturated rings. The monoisotopic (exact) mass is 477 g/mol. The molecule has 32 heavy (non-hydrogen) atoms. The third kappa shape index (κ3) is 4.35. The highest BCUT2D eigenvalue weighted by Crippen LogP contribution is 2.36. The number of carbonyl (C=O) groups is 1. The molecule has 3 rings (SSSR count). The quantitative estimate of drug-likeness (QED) is 0.659. The lowest BCUT2D eigenvalue weighted by Gasteiger charge is -2.34. The zero-order valence-corrected chi connectivity index (χ0v) is 17.4. The van der Waals surface area contributed by atoms with Crippen molar-refractivity contribution in [3.8, 4) is 0 Å². The number of sulfonamides is 1. The highest BCUT2D eigenvalue weighted by Gasteiger charge is 2.42. The molecule has 0 radical (unpaired) electrons. The van der Waals surface area contributed by atoms with E-state index in [2.05, 4.69) is 15.3 Å². The molecule has 14 heteroatoms. The number of rotatable bonds is 3. The van der Waals surface area contributed by atoms with Gasteiger partial charge < -0.3 is 11.1 Å². The summed E-state index contributed by atoms with van der Waals surface area (Å²) in [5, 5.41) is 2.19. The fourth-order valence-corrected chi connectivity index (χ4v) is 4.48. The number of pyridine rings is 1. The number of aliphatic imine (C=N–C) groups is 1. The van der Waals surface area contributed by atoms with Crippen LogP contribution in [0, 0.1) is 11.6 Å². The van der Waals surface area contributed by atoms with E-state index >= 15 is 0 Å². The Kier molecular flexibility index (Phi) is 5.62. The van der Waals surface area contributed by atoms with Crippen molar-refractivity contribution in [3.63, 3.8) is 0 Å². The van der Waals surface area contributed by atoms with Crippen molar-refractivity contribution in [2.24, 2.45) is 10.7 Å². The molecule has 172 valence electrons. The van der Waals surface area contributed by atoms with Crippen molar-refractivity contribution in [1.82, 2.24) is 9.29 Å². The molecule has 0 bridgehead atoms. The van der Waals surface area contributed by atoms with Crippen LogP contribution >= 0.6 is 0 Å². The molecule has 3 N–H and O–H groups in total. The van der Waals surface area contributed by atoms with E-state index < -0.39 is 67.8 Å². The summed E-state index contributed by atoms with van der Waals surface area (Å²) in [6, 6.07) is 3.05. The van der Waals surface area contributed by atoms with Gasteiger partial charge in [0.25, 0.3) is 5.91 Å². The minimum Gasteiger partial charge on any atom is -0.369 e. The van der Waals surface area contributed by atoms with Gasteiger partial charge in [-0.3, -0.25) is 9.78 Å². The summed E-state index contributed by atoms with van der Waals surface area (Å²) in [5.41, 5.74) is 1.53. The summed E-state index contributed by atoms with van der Waals surface area (Å²) < 4.78 is 92.1. The lowest BCUT2D eigenvalue weighted by molar-refractivity contribution is -0.137. The van der Waals surface area contributed by atoms with E-state index in [0.717, 1.165) is 19.2 Å². The SMILES string of the molecule is CN1C(N)=N[C@](C)(c2cc(NC(=O)c3ccc(C(F)(F)F)cn3)cc(F)c2F)CS1(=O)=O. The topological polar surface area (TPSA) is 118 Å². The van der Waals surface area contributed by atoms with Crippen molar-refractivity contribution in [2.75, 3.05) is 18.1 Å². The Morgan fingerprint density at radius 1 is 1.25 bits per heavy atom. The van der Waals surface area contributed by atoms with Gasteiger partial charge in [-0.1, -0.05) is 0 Å². The van der Waals surface area contributed by atoms with Crippen molar-refractivity contribution in [3.05, 3.63) is 58.9 Å². The molecule has 1 aliphatic heterocycles. The van der Waals surface area contributed by atoms with Gasteiger partial charge in [-0.05, 0) is 25.1 Å². The first-order valence-electron chi connectivity index (χ1n) is 8.80. The number of hydrogen-bond acceptors (Lipinski definition) is 6. The number of aromatic nitrogens is 1. The number of hydrogen-bond donors (Lipinski definition) is 2. The molecule has 1 amide bonds. The van der Waals surface area contributed by atoms with E-state index in [1.807, 2.05) is 0 Å². The van der Waals surface area contributed by atoms with Crippen LogP contribution in [-0.4, -0.2) is 42.4 Å². The van der Waals surface area contributed by atoms with Crippen LogP contribution in [0.3, 0.4) is 0 Å². The number of benzene rings is 1. The van der Waals surface area contributed by atoms with Gasteiger partial charge >= 0.3 is 6.18 Å². The molecule has 0 saturated carbocycles. The predicted octanol–water partition coefficient (Wildman–Crippen LogP) is 2.44. The van der Waals surface area contributed by atoms with Gasteiger partial charge in [0.15, 0.2) is 11.6 Å². The van der Waals surface area contributed by atoms with Crippen LogP contribution in [0.25, 0.3) is 0 Å². The smallest absolute Gasteiger partial charge is 0.369 e. The second-order valence-electron chi connectivity index (χ2n) is 7.17. The minimum atomic E-state index is -4.65. The summed E-state index contributed by atoms with van der Waals surface area (Å²) >= 11 is 0. The largest absolute Gasteiger partial charge is 0.417 e. The average Bonchev–Trinajstić information content (AvgIpc) is 2.67. The molecule has 1 aromatic carbocycles. The maximum atomic E-state index is 14.6. The van der Waals surface area contributed by atoms with Gasteiger partial charge in [0.2, 0.25) is 16.0 Å². The summed E-state index contributed by atoms with van der Waals surface area (Å²) in [4.78, 5) is 19.7. The van der Waals surface area contributed by atoms with E-state index in [9.17, 15) is 35.2 Å².